The molecular weight excluding hydrogens is 361 g/mol. The summed E-state index contributed by atoms with van der Waals surface area (Å²) in [5.74, 6) is -0.509. The third-order valence-corrected chi connectivity index (χ3v) is 4.64. The van der Waals surface area contributed by atoms with Crippen molar-refractivity contribution in [2.45, 2.75) is 18.9 Å². The molecule has 28 heavy (non-hydrogen) atoms. The zero-order chi connectivity index (χ0) is 19.5. The molecule has 2 amide bonds. The smallest absolute Gasteiger partial charge is 0.252 e. The molecule has 0 aliphatic carbocycles. The first-order chi connectivity index (χ1) is 13.6. The monoisotopic (exact) mass is 379 g/mol. The van der Waals surface area contributed by atoms with E-state index < -0.39 is 11.9 Å². The van der Waals surface area contributed by atoms with Crippen molar-refractivity contribution in [1.82, 2.24) is 15.6 Å². The second kappa shape index (κ2) is 7.64. The minimum atomic E-state index is -0.562. The molecule has 1 fully saturated rings. The van der Waals surface area contributed by atoms with Crippen molar-refractivity contribution in [1.29, 1.82) is 0 Å². The molecule has 3 aromatic rings. The van der Waals surface area contributed by atoms with Gasteiger partial charge in [-0.1, -0.05) is 24.3 Å². The predicted octanol–water partition coefficient (Wildman–Crippen LogP) is 3.16. The molecule has 4 rings (SSSR count). The number of piperidine rings is 1. The van der Waals surface area contributed by atoms with E-state index >= 15 is 0 Å². The Bertz CT molecular complexity index is 1030. The van der Waals surface area contributed by atoms with Crippen LogP contribution in [0.15, 0.2) is 59.1 Å². The molecule has 1 unspecified atom stereocenters. The number of rotatable bonds is 4. The quantitative estimate of drug-likeness (QED) is 0.729. The van der Waals surface area contributed by atoms with Crippen molar-refractivity contribution >= 4 is 11.8 Å². The van der Waals surface area contributed by atoms with Crippen molar-refractivity contribution < 1.29 is 18.4 Å². The number of halogens is 1. The molecule has 2 heterocycles. The average Bonchev–Trinajstić information content (AvgIpc) is 3.20. The van der Waals surface area contributed by atoms with Crippen LogP contribution in [0.2, 0.25) is 0 Å². The first-order valence-electron chi connectivity index (χ1n) is 9.02. The largest absolute Gasteiger partial charge is 0.436 e. The average molecular weight is 379 g/mol. The van der Waals surface area contributed by atoms with E-state index in [1.165, 1.54) is 12.3 Å². The first kappa shape index (κ1) is 17.9. The van der Waals surface area contributed by atoms with Gasteiger partial charge in [0.05, 0.1) is 17.3 Å². The molecule has 0 bridgehead atoms. The zero-order valence-electron chi connectivity index (χ0n) is 14.9. The van der Waals surface area contributed by atoms with E-state index in [4.69, 9.17) is 4.42 Å². The van der Waals surface area contributed by atoms with Gasteiger partial charge in [-0.2, -0.15) is 0 Å². The topological polar surface area (TPSA) is 84.2 Å². The Morgan fingerprint density at radius 3 is 2.68 bits per heavy atom. The second-order valence-corrected chi connectivity index (χ2v) is 6.51. The number of hydrogen-bond acceptors (Lipinski definition) is 4. The summed E-state index contributed by atoms with van der Waals surface area (Å²) < 4.78 is 19.7. The number of hydrogen-bond donors (Lipinski definition) is 2. The van der Waals surface area contributed by atoms with E-state index in [1.807, 2.05) is 0 Å². The fraction of sp³-hybridized carbons (Fsp3) is 0.190. The number of nitrogens with one attached hydrogen (secondary N) is 2. The summed E-state index contributed by atoms with van der Waals surface area (Å²) in [6.45, 7) is 0.622. The Kier molecular flexibility index (Phi) is 4.89. The van der Waals surface area contributed by atoms with Crippen molar-refractivity contribution in [3.05, 3.63) is 66.1 Å². The van der Waals surface area contributed by atoms with Gasteiger partial charge in [0.25, 0.3) is 5.91 Å². The molecular formula is C21H18FN3O3. The molecule has 1 aliphatic heterocycles. The van der Waals surface area contributed by atoms with E-state index in [-0.39, 0.29) is 23.5 Å². The number of nitrogens with zero attached hydrogens (tertiary/aromatic N) is 1. The molecule has 2 aromatic carbocycles. The van der Waals surface area contributed by atoms with Crippen LogP contribution in [0, 0.1) is 5.82 Å². The second-order valence-electron chi connectivity index (χ2n) is 6.51. The maximum Gasteiger partial charge on any atom is 0.252 e. The van der Waals surface area contributed by atoms with Crippen LogP contribution in [0.25, 0.3) is 22.8 Å². The Morgan fingerprint density at radius 1 is 1.14 bits per heavy atom. The van der Waals surface area contributed by atoms with Crippen LogP contribution in [-0.4, -0.2) is 29.4 Å². The van der Waals surface area contributed by atoms with Gasteiger partial charge in [-0.15, -0.1) is 0 Å². The SMILES string of the molecule is O=C(NC1CCCNC1=O)c1ccccc1-c1ncc(-c2ccccc2F)o1. The summed E-state index contributed by atoms with van der Waals surface area (Å²) in [5.41, 5.74) is 1.10. The highest BCUT2D eigenvalue weighted by atomic mass is 19.1. The summed E-state index contributed by atoms with van der Waals surface area (Å²) in [4.78, 5) is 28.9. The third-order valence-electron chi connectivity index (χ3n) is 4.64. The minimum Gasteiger partial charge on any atom is -0.436 e. The van der Waals surface area contributed by atoms with Gasteiger partial charge in [-0.05, 0) is 37.1 Å². The Morgan fingerprint density at radius 2 is 1.89 bits per heavy atom. The van der Waals surface area contributed by atoms with Crippen LogP contribution in [0.4, 0.5) is 4.39 Å². The molecule has 1 aliphatic rings. The Hall–Kier alpha value is -3.48. The lowest BCUT2D eigenvalue weighted by Crippen LogP contribution is -2.50. The van der Waals surface area contributed by atoms with E-state index in [9.17, 15) is 14.0 Å². The lowest BCUT2D eigenvalue weighted by atomic mass is 10.0. The maximum absolute atomic E-state index is 14.0. The van der Waals surface area contributed by atoms with Gasteiger partial charge >= 0.3 is 0 Å². The maximum atomic E-state index is 14.0. The van der Waals surface area contributed by atoms with Crippen LogP contribution in [0.3, 0.4) is 0 Å². The molecule has 2 N–H and O–H groups in total. The number of benzene rings is 2. The number of oxazole rings is 1. The van der Waals surface area contributed by atoms with Gasteiger partial charge in [0.15, 0.2) is 5.76 Å². The van der Waals surface area contributed by atoms with Crippen LogP contribution in [-0.2, 0) is 4.79 Å². The van der Waals surface area contributed by atoms with E-state index in [2.05, 4.69) is 15.6 Å². The molecule has 142 valence electrons. The minimum absolute atomic E-state index is 0.185. The number of aromatic nitrogens is 1. The van der Waals surface area contributed by atoms with Gasteiger partial charge in [0.2, 0.25) is 11.8 Å². The van der Waals surface area contributed by atoms with Gasteiger partial charge in [-0.25, -0.2) is 9.37 Å². The molecule has 1 saturated heterocycles. The lowest BCUT2D eigenvalue weighted by molar-refractivity contribution is -0.124. The molecule has 0 spiro atoms. The van der Waals surface area contributed by atoms with Gasteiger partial charge < -0.3 is 15.1 Å². The highest BCUT2D eigenvalue weighted by Gasteiger charge is 2.25. The standard InChI is InChI=1S/C21H18FN3O3/c22-16-9-4-3-8-15(16)18-12-24-21(28-18)14-7-2-1-6-13(14)19(26)25-17-10-5-11-23-20(17)27/h1-4,6-9,12,17H,5,10-11H2,(H,23,27)(H,25,26). The van der Waals surface area contributed by atoms with E-state index in [1.54, 1.807) is 42.5 Å². The Labute approximate surface area is 160 Å². The summed E-state index contributed by atoms with van der Waals surface area (Å²) in [5, 5.41) is 5.50. The summed E-state index contributed by atoms with van der Waals surface area (Å²) in [6.07, 6.45) is 2.83. The van der Waals surface area contributed by atoms with Crippen LogP contribution >= 0.6 is 0 Å². The summed E-state index contributed by atoms with van der Waals surface area (Å²) >= 11 is 0. The highest BCUT2D eigenvalue weighted by Crippen LogP contribution is 2.29. The van der Waals surface area contributed by atoms with Crippen LogP contribution in [0.5, 0.6) is 0 Å². The molecule has 1 atom stereocenters. The molecule has 0 radical (unpaired) electrons. The normalized spacial score (nSPS) is 16.5. The lowest BCUT2D eigenvalue weighted by Gasteiger charge is -2.23. The summed E-state index contributed by atoms with van der Waals surface area (Å²) in [6, 6.07) is 12.5. The number of amides is 2. The number of carbonyl (C=O) groups is 2. The van der Waals surface area contributed by atoms with Crippen molar-refractivity contribution in [2.75, 3.05) is 6.54 Å². The van der Waals surface area contributed by atoms with Crippen LogP contribution in [0.1, 0.15) is 23.2 Å². The Balaban J connectivity index is 1.62. The molecule has 6 nitrogen and oxygen atoms in total. The number of carbonyl (C=O) groups excluding carboxylic acids is 2. The molecule has 1 aromatic heterocycles. The fourth-order valence-corrected chi connectivity index (χ4v) is 3.20. The van der Waals surface area contributed by atoms with Crippen LogP contribution < -0.4 is 10.6 Å². The molecule has 0 saturated carbocycles. The third kappa shape index (κ3) is 3.51. The highest BCUT2D eigenvalue weighted by molar-refractivity contribution is 6.02. The predicted molar refractivity (Wildman–Crippen MR) is 101 cm³/mol. The van der Waals surface area contributed by atoms with Crippen molar-refractivity contribution in [2.24, 2.45) is 0 Å². The first-order valence-corrected chi connectivity index (χ1v) is 9.02. The van der Waals surface area contributed by atoms with E-state index in [0.29, 0.717) is 29.7 Å². The molecule has 7 heteroatoms. The zero-order valence-corrected chi connectivity index (χ0v) is 14.9. The van der Waals surface area contributed by atoms with Gasteiger partial charge in [0, 0.05) is 12.1 Å². The van der Waals surface area contributed by atoms with Crippen molar-refractivity contribution in [3.63, 3.8) is 0 Å². The summed E-state index contributed by atoms with van der Waals surface area (Å²) in [7, 11) is 0. The fourth-order valence-electron chi connectivity index (χ4n) is 3.20. The van der Waals surface area contributed by atoms with Crippen molar-refractivity contribution in [3.8, 4) is 22.8 Å². The van der Waals surface area contributed by atoms with Gasteiger partial charge in [-0.3, -0.25) is 9.59 Å². The van der Waals surface area contributed by atoms with Gasteiger partial charge in [0.1, 0.15) is 11.9 Å². The van der Waals surface area contributed by atoms with E-state index in [0.717, 1.165) is 6.42 Å².